The van der Waals surface area contributed by atoms with E-state index in [2.05, 4.69) is 37.9 Å². The van der Waals surface area contributed by atoms with Crippen molar-refractivity contribution in [3.63, 3.8) is 0 Å². The first-order chi connectivity index (χ1) is 11.3. The van der Waals surface area contributed by atoms with E-state index in [0.29, 0.717) is 18.3 Å². The number of anilines is 1. The molecule has 1 N–H and O–H groups in total. The molecule has 1 heterocycles. The maximum absolute atomic E-state index is 12.1. The molecule has 1 aromatic rings. The zero-order chi connectivity index (χ0) is 18.4. The van der Waals surface area contributed by atoms with Crippen LogP contribution in [-0.2, 0) is 14.1 Å². The largest absolute Gasteiger partial charge is 0.369 e. The molecule has 0 bridgehead atoms. The molecule has 1 aromatic heterocycles. The van der Waals surface area contributed by atoms with Crippen LogP contribution in [-0.4, -0.2) is 39.7 Å². The minimum Gasteiger partial charge on any atom is -0.369 e. The zero-order valence-electron chi connectivity index (χ0n) is 15.6. The van der Waals surface area contributed by atoms with Gasteiger partial charge in [0.1, 0.15) is 11.9 Å². The molecule has 0 radical (unpaired) electrons. The van der Waals surface area contributed by atoms with Crippen LogP contribution in [0.2, 0.25) is 0 Å². The Morgan fingerprint density at radius 1 is 1.17 bits per heavy atom. The highest BCUT2D eigenvalue weighted by Crippen LogP contribution is 2.14. The zero-order valence-corrected chi connectivity index (χ0v) is 15.6. The Hall–Kier alpha value is -2.07. The molecule has 0 spiro atoms. The number of hydrogen-bond acceptors (Lipinski definition) is 5. The molecule has 0 fully saturated rings. The number of aromatic nitrogens is 2. The molecule has 0 aliphatic carbocycles. The van der Waals surface area contributed by atoms with Gasteiger partial charge >= 0.3 is 5.69 Å². The van der Waals surface area contributed by atoms with Crippen LogP contribution < -0.4 is 16.6 Å². The van der Waals surface area contributed by atoms with E-state index in [1.54, 1.807) is 7.05 Å². The normalized spacial score (nSPS) is 12.5. The second-order valence-corrected chi connectivity index (χ2v) is 6.43. The standard InChI is InChI=1S/C17H29N5O2/c1-7-22(8-2)13(9-12(3)4)11-19-15-14(10-18)16(23)21(6)17(24)20(15)5/h12-13,19H,7-9,11H2,1-6H3/t13-/m1/s1. The number of hydrogen-bond donors (Lipinski definition) is 1. The van der Waals surface area contributed by atoms with Gasteiger partial charge in [0, 0.05) is 26.7 Å². The summed E-state index contributed by atoms with van der Waals surface area (Å²) in [6, 6.07) is 2.19. The third-order valence-corrected chi connectivity index (χ3v) is 4.35. The number of likely N-dealkylation sites (N-methyl/N-ethyl adjacent to an activating group) is 1. The van der Waals surface area contributed by atoms with Crippen LogP contribution >= 0.6 is 0 Å². The minimum atomic E-state index is -0.564. The van der Waals surface area contributed by atoms with Gasteiger partial charge in [-0.15, -0.1) is 0 Å². The minimum absolute atomic E-state index is 0.0255. The van der Waals surface area contributed by atoms with Gasteiger partial charge in [0.2, 0.25) is 0 Å². The van der Waals surface area contributed by atoms with Crippen LogP contribution in [0.25, 0.3) is 0 Å². The molecule has 7 nitrogen and oxygen atoms in total. The maximum Gasteiger partial charge on any atom is 0.332 e. The third kappa shape index (κ3) is 4.26. The average Bonchev–Trinajstić information content (AvgIpc) is 2.55. The summed E-state index contributed by atoms with van der Waals surface area (Å²) in [7, 11) is 2.95. The van der Waals surface area contributed by atoms with E-state index in [1.165, 1.54) is 11.6 Å². The fourth-order valence-corrected chi connectivity index (χ4v) is 3.01. The molecule has 0 aliphatic heterocycles. The summed E-state index contributed by atoms with van der Waals surface area (Å²) in [5.41, 5.74) is -1.03. The molecule has 0 unspecified atom stereocenters. The lowest BCUT2D eigenvalue weighted by molar-refractivity contribution is 0.199. The first kappa shape index (κ1) is 20.0. The van der Waals surface area contributed by atoms with Crippen molar-refractivity contribution in [3.05, 3.63) is 26.4 Å². The molecule has 0 aliphatic rings. The molecule has 1 atom stereocenters. The summed E-state index contributed by atoms with van der Waals surface area (Å²) in [5, 5.41) is 12.5. The van der Waals surface area contributed by atoms with Crippen LogP contribution in [0, 0.1) is 17.2 Å². The second-order valence-electron chi connectivity index (χ2n) is 6.43. The Morgan fingerprint density at radius 3 is 2.21 bits per heavy atom. The Kier molecular flexibility index (Phi) is 7.23. The van der Waals surface area contributed by atoms with Crippen LogP contribution in [0.15, 0.2) is 9.59 Å². The predicted molar refractivity (Wildman–Crippen MR) is 96.3 cm³/mol. The highest BCUT2D eigenvalue weighted by Gasteiger charge is 2.20. The average molecular weight is 335 g/mol. The van der Waals surface area contributed by atoms with Crippen LogP contribution in [0.1, 0.15) is 39.7 Å². The number of rotatable bonds is 8. The molecule has 24 heavy (non-hydrogen) atoms. The molecule has 0 amide bonds. The molecule has 134 valence electrons. The summed E-state index contributed by atoms with van der Waals surface area (Å²) >= 11 is 0. The van der Waals surface area contributed by atoms with E-state index in [1.807, 2.05) is 6.07 Å². The lowest BCUT2D eigenvalue weighted by Gasteiger charge is -2.31. The van der Waals surface area contributed by atoms with Crippen molar-refractivity contribution in [1.82, 2.24) is 14.0 Å². The van der Waals surface area contributed by atoms with E-state index >= 15 is 0 Å². The van der Waals surface area contributed by atoms with E-state index in [0.717, 1.165) is 24.1 Å². The Balaban J connectivity index is 3.18. The van der Waals surface area contributed by atoms with E-state index < -0.39 is 11.2 Å². The SMILES string of the molecule is CCN(CC)[C@@H](CNc1c(C#N)c(=O)n(C)c(=O)n1C)CC(C)C. The van der Waals surface area contributed by atoms with Crippen LogP contribution in [0.3, 0.4) is 0 Å². The van der Waals surface area contributed by atoms with Gasteiger partial charge < -0.3 is 5.32 Å². The Labute approximate surface area is 143 Å². The van der Waals surface area contributed by atoms with Crippen molar-refractivity contribution < 1.29 is 0 Å². The van der Waals surface area contributed by atoms with Crippen molar-refractivity contribution in [3.8, 4) is 6.07 Å². The summed E-state index contributed by atoms with van der Waals surface area (Å²) in [6.07, 6.45) is 0.995. The van der Waals surface area contributed by atoms with Crippen molar-refractivity contribution in [2.45, 2.75) is 40.2 Å². The van der Waals surface area contributed by atoms with Gasteiger partial charge in [-0.2, -0.15) is 5.26 Å². The molecule has 1 rings (SSSR count). The quantitative estimate of drug-likeness (QED) is 0.770. The highest BCUT2D eigenvalue weighted by molar-refractivity contribution is 5.51. The van der Waals surface area contributed by atoms with Gasteiger partial charge in [-0.25, -0.2) is 4.79 Å². The Morgan fingerprint density at radius 2 is 1.75 bits per heavy atom. The second kappa shape index (κ2) is 8.69. The smallest absolute Gasteiger partial charge is 0.332 e. The molecule has 0 saturated carbocycles. The molecule has 0 saturated heterocycles. The summed E-state index contributed by atoms with van der Waals surface area (Å²) in [5.74, 6) is 0.826. The van der Waals surface area contributed by atoms with Gasteiger partial charge in [-0.3, -0.25) is 18.8 Å². The van der Waals surface area contributed by atoms with Crippen LogP contribution in [0.5, 0.6) is 0 Å². The lowest BCUT2D eigenvalue weighted by Crippen LogP contribution is -2.43. The fourth-order valence-electron chi connectivity index (χ4n) is 3.01. The fraction of sp³-hybridized carbons (Fsp3) is 0.706. The molecule has 7 heteroatoms. The topological polar surface area (TPSA) is 83.1 Å². The first-order valence-corrected chi connectivity index (χ1v) is 8.46. The number of nitrogens with zero attached hydrogens (tertiary/aromatic N) is 4. The highest BCUT2D eigenvalue weighted by atomic mass is 16.2. The number of nitrogens with one attached hydrogen (secondary N) is 1. The molecular weight excluding hydrogens is 306 g/mol. The van der Waals surface area contributed by atoms with Crippen LogP contribution in [0.4, 0.5) is 5.82 Å². The van der Waals surface area contributed by atoms with Crippen molar-refractivity contribution in [1.29, 1.82) is 5.26 Å². The predicted octanol–water partition coefficient (Wildman–Crippen LogP) is 1.12. The van der Waals surface area contributed by atoms with Gasteiger partial charge in [-0.1, -0.05) is 27.7 Å². The van der Waals surface area contributed by atoms with E-state index in [-0.39, 0.29) is 11.6 Å². The maximum atomic E-state index is 12.1. The first-order valence-electron chi connectivity index (χ1n) is 8.46. The summed E-state index contributed by atoms with van der Waals surface area (Å²) in [6.45, 7) is 11.0. The van der Waals surface area contributed by atoms with Crippen molar-refractivity contribution in [2.24, 2.45) is 20.0 Å². The van der Waals surface area contributed by atoms with Gasteiger partial charge in [0.25, 0.3) is 5.56 Å². The van der Waals surface area contributed by atoms with Crippen molar-refractivity contribution >= 4 is 5.82 Å². The van der Waals surface area contributed by atoms with Crippen molar-refractivity contribution in [2.75, 3.05) is 25.0 Å². The third-order valence-electron chi connectivity index (χ3n) is 4.35. The molecule has 0 aromatic carbocycles. The van der Waals surface area contributed by atoms with Gasteiger partial charge in [0.15, 0.2) is 5.56 Å². The number of nitriles is 1. The monoisotopic (exact) mass is 335 g/mol. The van der Waals surface area contributed by atoms with Gasteiger partial charge in [-0.05, 0) is 25.4 Å². The summed E-state index contributed by atoms with van der Waals surface area (Å²) < 4.78 is 2.29. The Bertz CT molecular complexity index is 707. The summed E-state index contributed by atoms with van der Waals surface area (Å²) in [4.78, 5) is 26.6. The van der Waals surface area contributed by atoms with E-state index in [4.69, 9.17) is 0 Å². The van der Waals surface area contributed by atoms with Gasteiger partial charge in [0.05, 0.1) is 0 Å². The molecular formula is C17H29N5O2. The van der Waals surface area contributed by atoms with E-state index in [9.17, 15) is 14.9 Å². The lowest BCUT2D eigenvalue weighted by atomic mass is 10.0.